The molecule has 4 rings (SSSR count). The lowest BCUT2D eigenvalue weighted by atomic mass is 9.87. The second kappa shape index (κ2) is 6.59. The fourth-order valence-electron chi connectivity index (χ4n) is 3.46. The highest BCUT2D eigenvalue weighted by atomic mass is 16.1. The molecule has 1 unspecified atom stereocenters. The van der Waals surface area contributed by atoms with Crippen molar-refractivity contribution in [1.82, 2.24) is 15.2 Å². The predicted octanol–water partition coefficient (Wildman–Crippen LogP) is 3.45. The van der Waals surface area contributed by atoms with E-state index in [0.29, 0.717) is 12.8 Å². The number of H-pyrrole nitrogens is 1. The number of rotatable bonds is 4. The summed E-state index contributed by atoms with van der Waals surface area (Å²) in [6, 6.07) is 17.9. The maximum atomic E-state index is 12.1. The molecule has 2 aromatic heterocycles. The first-order chi connectivity index (χ1) is 13.0. The van der Waals surface area contributed by atoms with Crippen molar-refractivity contribution >= 4 is 21.8 Å². The van der Waals surface area contributed by atoms with Crippen molar-refractivity contribution in [3.05, 3.63) is 81.8 Å². The molecule has 4 aromatic rings. The van der Waals surface area contributed by atoms with Gasteiger partial charge in [-0.2, -0.15) is 10.2 Å². The summed E-state index contributed by atoms with van der Waals surface area (Å²) in [6.07, 6.45) is 1.26. The minimum atomic E-state index is -0.633. The van der Waals surface area contributed by atoms with E-state index < -0.39 is 5.54 Å². The highest BCUT2D eigenvalue weighted by Crippen LogP contribution is 2.26. The van der Waals surface area contributed by atoms with Crippen molar-refractivity contribution < 1.29 is 0 Å². The first-order valence-corrected chi connectivity index (χ1v) is 9.13. The number of fused-ring (bicyclic) bond motifs is 2. The lowest BCUT2D eigenvalue weighted by molar-refractivity contribution is 0.483. The number of hydrogen-bond acceptors (Lipinski definition) is 4. The number of aromatic amines is 1. The minimum Gasteiger partial charge on any atom is -0.322 e. The molecule has 2 aromatic carbocycles. The maximum Gasteiger partial charge on any atom is 0.251 e. The monoisotopic (exact) mass is 358 g/mol. The molecule has 0 amide bonds. The van der Waals surface area contributed by atoms with Gasteiger partial charge in [-0.25, -0.2) is 0 Å². The number of nitrogens with zero attached hydrogens (tertiary/aromatic N) is 2. The van der Waals surface area contributed by atoms with Crippen LogP contribution < -0.4 is 11.3 Å². The summed E-state index contributed by atoms with van der Waals surface area (Å²) in [6.45, 7) is 3.95. The number of hydrogen-bond donors (Lipinski definition) is 2. The number of nitrogens with one attached hydrogen (secondary N) is 1. The molecule has 2 heterocycles. The molecule has 3 N–H and O–H groups in total. The molecule has 1 atom stereocenters. The fourth-order valence-corrected chi connectivity index (χ4v) is 3.46. The molecule has 0 aliphatic carbocycles. The summed E-state index contributed by atoms with van der Waals surface area (Å²) in [5.74, 6) is 0. The zero-order valence-corrected chi connectivity index (χ0v) is 15.5. The van der Waals surface area contributed by atoms with Gasteiger partial charge in [0.05, 0.1) is 11.2 Å². The fraction of sp³-hybridized carbons (Fsp3) is 0.227. The van der Waals surface area contributed by atoms with Crippen LogP contribution in [0.15, 0.2) is 59.4 Å². The molecule has 0 radical (unpaired) electrons. The van der Waals surface area contributed by atoms with Crippen molar-refractivity contribution in [1.29, 1.82) is 0 Å². The third-order valence-electron chi connectivity index (χ3n) is 5.06. The van der Waals surface area contributed by atoms with E-state index in [0.717, 1.165) is 38.6 Å². The molecule has 136 valence electrons. The van der Waals surface area contributed by atoms with Crippen LogP contribution in [0.25, 0.3) is 21.8 Å². The van der Waals surface area contributed by atoms with Crippen LogP contribution in [0.3, 0.4) is 0 Å². The van der Waals surface area contributed by atoms with Crippen molar-refractivity contribution in [2.24, 2.45) is 5.73 Å². The van der Waals surface area contributed by atoms with Crippen LogP contribution in [0.5, 0.6) is 0 Å². The first-order valence-electron chi connectivity index (χ1n) is 9.13. The topological polar surface area (TPSA) is 84.7 Å². The van der Waals surface area contributed by atoms with Gasteiger partial charge < -0.3 is 10.7 Å². The van der Waals surface area contributed by atoms with E-state index in [2.05, 4.69) is 15.2 Å². The van der Waals surface area contributed by atoms with Gasteiger partial charge in [-0.3, -0.25) is 4.79 Å². The predicted molar refractivity (Wildman–Crippen MR) is 109 cm³/mol. The van der Waals surface area contributed by atoms with Crippen LogP contribution in [-0.4, -0.2) is 15.2 Å². The highest BCUT2D eigenvalue weighted by molar-refractivity contribution is 5.80. The highest BCUT2D eigenvalue weighted by Gasteiger charge is 2.23. The van der Waals surface area contributed by atoms with Gasteiger partial charge in [0.2, 0.25) is 0 Å². The largest absolute Gasteiger partial charge is 0.322 e. The van der Waals surface area contributed by atoms with E-state index in [9.17, 15) is 4.79 Å². The third-order valence-corrected chi connectivity index (χ3v) is 5.06. The van der Waals surface area contributed by atoms with Crippen molar-refractivity contribution in [2.45, 2.75) is 32.2 Å². The van der Waals surface area contributed by atoms with Crippen molar-refractivity contribution in [3.8, 4) is 0 Å². The summed E-state index contributed by atoms with van der Waals surface area (Å²) in [4.78, 5) is 15.1. The van der Waals surface area contributed by atoms with E-state index in [-0.39, 0.29) is 5.56 Å². The summed E-state index contributed by atoms with van der Waals surface area (Å²) in [5.41, 5.74) is 10.2. The molecule has 5 nitrogen and oxygen atoms in total. The van der Waals surface area contributed by atoms with Gasteiger partial charge in [0.1, 0.15) is 0 Å². The second-order valence-electron chi connectivity index (χ2n) is 7.27. The Hall–Kier alpha value is -3.05. The standard InChI is InChI=1S/C22H22N4O/c1-3-14-10-16-8-9-17(12-20(16)24-21(14)27)22(2,23)13-18-11-15-6-4-5-7-19(15)26-25-18/h4-12H,3,13,23H2,1-2H3,(H,24,27). The Bertz CT molecular complexity index is 1190. The van der Waals surface area contributed by atoms with E-state index in [1.54, 1.807) is 0 Å². The van der Waals surface area contributed by atoms with E-state index in [4.69, 9.17) is 5.73 Å². The number of aromatic nitrogens is 3. The Balaban J connectivity index is 1.70. The molecule has 0 fully saturated rings. The van der Waals surface area contributed by atoms with E-state index in [1.165, 1.54) is 0 Å². The van der Waals surface area contributed by atoms with Crippen LogP contribution in [0.2, 0.25) is 0 Å². The Morgan fingerprint density at radius 1 is 1.04 bits per heavy atom. The molecule has 0 spiro atoms. The molecular formula is C22H22N4O. The van der Waals surface area contributed by atoms with Gasteiger partial charge in [-0.1, -0.05) is 37.3 Å². The Morgan fingerprint density at radius 3 is 2.67 bits per heavy atom. The van der Waals surface area contributed by atoms with Crippen LogP contribution in [0.4, 0.5) is 0 Å². The van der Waals surface area contributed by atoms with Gasteiger partial charge in [0.15, 0.2) is 0 Å². The van der Waals surface area contributed by atoms with Gasteiger partial charge in [-0.15, -0.1) is 0 Å². The zero-order chi connectivity index (χ0) is 19.0. The minimum absolute atomic E-state index is 0.0405. The second-order valence-corrected chi connectivity index (χ2v) is 7.27. The molecule has 0 saturated heterocycles. The lowest BCUT2D eigenvalue weighted by Crippen LogP contribution is -2.36. The van der Waals surface area contributed by atoms with Crippen LogP contribution >= 0.6 is 0 Å². The Kier molecular flexibility index (Phi) is 4.24. The Labute approximate surface area is 157 Å². The number of nitrogens with two attached hydrogens (primary N) is 1. The molecule has 0 bridgehead atoms. The van der Waals surface area contributed by atoms with Gasteiger partial charge in [-0.05, 0) is 48.6 Å². The lowest BCUT2D eigenvalue weighted by Gasteiger charge is -2.25. The average molecular weight is 358 g/mol. The number of aryl methyl sites for hydroxylation is 1. The molecule has 0 aliphatic rings. The molecule has 0 aliphatic heterocycles. The average Bonchev–Trinajstić information content (AvgIpc) is 2.66. The molecule has 0 saturated carbocycles. The van der Waals surface area contributed by atoms with Gasteiger partial charge in [0, 0.05) is 28.4 Å². The molecular weight excluding hydrogens is 336 g/mol. The smallest absolute Gasteiger partial charge is 0.251 e. The quantitative estimate of drug-likeness (QED) is 0.585. The van der Waals surface area contributed by atoms with E-state index >= 15 is 0 Å². The summed E-state index contributed by atoms with van der Waals surface area (Å²) in [7, 11) is 0. The van der Waals surface area contributed by atoms with Crippen LogP contribution in [0.1, 0.15) is 30.7 Å². The molecule has 5 heteroatoms. The number of pyridine rings is 1. The van der Waals surface area contributed by atoms with Crippen molar-refractivity contribution in [3.63, 3.8) is 0 Å². The van der Waals surface area contributed by atoms with Crippen LogP contribution in [0, 0.1) is 0 Å². The van der Waals surface area contributed by atoms with Crippen LogP contribution in [-0.2, 0) is 18.4 Å². The summed E-state index contributed by atoms with van der Waals surface area (Å²) in [5, 5.41) is 10.7. The normalized spacial score (nSPS) is 13.7. The first kappa shape index (κ1) is 17.4. The summed E-state index contributed by atoms with van der Waals surface area (Å²) >= 11 is 0. The Morgan fingerprint density at radius 2 is 1.85 bits per heavy atom. The van der Waals surface area contributed by atoms with Gasteiger partial charge in [0.25, 0.3) is 5.56 Å². The van der Waals surface area contributed by atoms with Gasteiger partial charge >= 0.3 is 0 Å². The SMILES string of the molecule is CCc1cc2ccc(C(C)(N)Cc3cc4ccccc4nn3)cc2[nH]c1=O. The van der Waals surface area contributed by atoms with E-state index in [1.807, 2.05) is 68.4 Å². The zero-order valence-electron chi connectivity index (χ0n) is 15.5. The third kappa shape index (κ3) is 3.34. The summed E-state index contributed by atoms with van der Waals surface area (Å²) < 4.78 is 0. The maximum absolute atomic E-state index is 12.1. The van der Waals surface area contributed by atoms with Crippen molar-refractivity contribution in [2.75, 3.05) is 0 Å². The number of benzene rings is 2. The molecule has 27 heavy (non-hydrogen) atoms.